The Morgan fingerprint density at radius 3 is 2.66 bits per heavy atom. The third-order valence-corrected chi connectivity index (χ3v) is 8.04. The SMILES string of the molecule is COc1ccc2c(c1)Sc1ccc(Cl)cc1C(N1CCN(CCN3CCOC3=O)CC1)C2. The van der Waals surface area contributed by atoms with E-state index >= 15 is 0 Å². The molecule has 1 unspecified atom stereocenters. The molecule has 2 aromatic rings. The molecule has 6 nitrogen and oxygen atoms in total. The van der Waals surface area contributed by atoms with Gasteiger partial charge in [-0.05, 0) is 47.9 Å². The minimum atomic E-state index is -0.177. The number of halogens is 1. The van der Waals surface area contributed by atoms with E-state index < -0.39 is 0 Å². The van der Waals surface area contributed by atoms with Crippen LogP contribution in [0.2, 0.25) is 5.02 Å². The van der Waals surface area contributed by atoms with Crippen LogP contribution in [0.3, 0.4) is 0 Å². The molecule has 0 aromatic heterocycles. The number of hydrogen-bond acceptors (Lipinski definition) is 6. The van der Waals surface area contributed by atoms with Crippen LogP contribution in [0.15, 0.2) is 46.2 Å². The second-order valence-electron chi connectivity index (χ2n) is 8.46. The van der Waals surface area contributed by atoms with Crippen LogP contribution < -0.4 is 4.74 Å². The van der Waals surface area contributed by atoms with Crippen molar-refractivity contribution in [1.82, 2.24) is 14.7 Å². The van der Waals surface area contributed by atoms with Crippen LogP contribution in [0.5, 0.6) is 5.75 Å². The predicted molar refractivity (Wildman–Crippen MR) is 126 cm³/mol. The highest BCUT2D eigenvalue weighted by Gasteiger charge is 2.31. The Labute approximate surface area is 198 Å². The molecule has 32 heavy (non-hydrogen) atoms. The van der Waals surface area contributed by atoms with Crippen molar-refractivity contribution in [3.8, 4) is 5.75 Å². The van der Waals surface area contributed by atoms with E-state index in [0.29, 0.717) is 19.2 Å². The van der Waals surface area contributed by atoms with Gasteiger partial charge >= 0.3 is 6.09 Å². The molecule has 3 aliphatic rings. The number of benzene rings is 2. The number of ether oxygens (including phenoxy) is 2. The largest absolute Gasteiger partial charge is 0.497 e. The fourth-order valence-electron chi connectivity index (χ4n) is 4.75. The van der Waals surface area contributed by atoms with E-state index in [2.05, 4.69) is 40.1 Å². The highest BCUT2D eigenvalue weighted by atomic mass is 35.5. The van der Waals surface area contributed by atoms with E-state index in [1.54, 1.807) is 12.0 Å². The molecule has 0 aliphatic carbocycles. The zero-order valence-electron chi connectivity index (χ0n) is 18.3. The molecule has 2 fully saturated rings. The third-order valence-electron chi connectivity index (χ3n) is 6.62. The van der Waals surface area contributed by atoms with Crippen molar-refractivity contribution in [3.05, 3.63) is 52.5 Å². The van der Waals surface area contributed by atoms with Gasteiger partial charge in [0.15, 0.2) is 0 Å². The summed E-state index contributed by atoms with van der Waals surface area (Å²) in [4.78, 5) is 21.0. The molecule has 1 amide bonds. The molecule has 3 heterocycles. The van der Waals surface area contributed by atoms with Crippen molar-refractivity contribution < 1.29 is 14.3 Å². The van der Waals surface area contributed by atoms with Crippen LogP contribution in [0.25, 0.3) is 0 Å². The number of rotatable bonds is 5. The molecular weight excluding hydrogens is 446 g/mol. The Hall–Kier alpha value is -1.93. The lowest BCUT2D eigenvalue weighted by atomic mass is 9.96. The Kier molecular flexibility index (Phi) is 6.51. The normalized spacial score (nSPS) is 21.6. The molecule has 2 aromatic carbocycles. The molecule has 0 bridgehead atoms. The van der Waals surface area contributed by atoms with E-state index in [1.807, 2.05) is 17.8 Å². The first-order valence-corrected chi connectivity index (χ1v) is 12.3. The number of carbonyl (C=O) groups excluding carboxylic acids is 1. The number of amides is 1. The molecule has 0 radical (unpaired) electrons. The summed E-state index contributed by atoms with van der Waals surface area (Å²) in [5.41, 5.74) is 2.66. The van der Waals surface area contributed by atoms with Gasteiger partial charge in [-0.25, -0.2) is 4.79 Å². The summed E-state index contributed by atoms with van der Waals surface area (Å²) < 4.78 is 10.5. The lowest BCUT2D eigenvalue weighted by molar-refractivity contribution is 0.0889. The molecule has 0 spiro atoms. The van der Waals surface area contributed by atoms with Crippen molar-refractivity contribution in [2.45, 2.75) is 22.3 Å². The van der Waals surface area contributed by atoms with Crippen LogP contribution in [0, 0.1) is 0 Å². The van der Waals surface area contributed by atoms with Gasteiger partial charge in [-0.3, -0.25) is 9.80 Å². The molecule has 3 aliphatic heterocycles. The molecule has 0 N–H and O–H groups in total. The van der Waals surface area contributed by atoms with Gasteiger partial charge in [-0.1, -0.05) is 29.4 Å². The van der Waals surface area contributed by atoms with Crippen molar-refractivity contribution in [3.63, 3.8) is 0 Å². The Bertz CT molecular complexity index is 996. The third kappa shape index (κ3) is 4.57. The molecule has 2 saturated heterocycles. The summed E-state index contributed by atoms with van der Waals surface area (Å²) >= 11 is 8.24. The number of piperazine rings is 1. The highest BCUT2D eigenvalue weighted by molar-refractivity contribution is 7.99. The summed E-state index contributed by atoms with van der Waals surface area (Å²) in [6.45, 7) is 6.85. The lowest BCUT2D eigenvalue weighted by Crippen LogP contribution is -2.49. The average Bonchev–Trinajstić information content (AvgIpc) is 3.15. The van der Waals surface area contributed by atoms with Crippen molar-refractivity contribution in [2.75, 3.05) is 59.5 Å². The van der Waals surface area contributed by atoms with Gasteiger partial charge in [0, 0.05) is 60.1 Å². The van der Waals surface area contributed by atoms with Crippen LogP contribution in [0.1, 0.15) is 17.2 Å². The zero-order valence-corrected chi connectivity index (χ0v) is 19.8. The zero-order chi connectivity index (χ0) is 22.1. The highest BCUT2D eigenvalue weighted by Crippen LogP contribution is 2.44. The first-order chi connectivity index (χ1) is 15.6. The van der Waals surface area contributed by atoms with Crippen LogP contribution in [0.4, 0.5) is 4.79 Å². The summed E-state index contributed by atoms with van der Waals surface area (Å²) in [5.74, 6) is 0.890. The first kappa shape index (κ1) is 21.9. The number of hydrogen-bond donors (Lipinski definition) is 0. The van der Waals surface area contributed by atoms with Gasteiger partial charge in [-0.15, -0.1) is 0 Å². The number of methoxy groups -OCH3 is 1. The lowest BCUT2D eigenvalue weighted by Gasteiger charge is -2.40. The summed E-state index contributed by atoms with van der Waals surface area (Å²) in [7, 11) is 1.71. The topological polar surface area (TPSA) is 45.2 Å². The maximum atomic E-state index is 11.7. The Morgan fingerprint density at radius 1 is 1.06 bits per heavy atom. The van der Waals surface area contributed by atoms with E-state index in [1.165, 1.54) is 20.9 Å². The fourth-order valence-corrected chi connectivity index (χ4v) is 6.07. The maximum Gasteiger partial charge on any atom is 0.409 e. The second kappa shape index (κ2) is 9.51. The fraction of sp³-hybridized carbons (Fsp3) is 0.458. The summed E-state index contributed by atoms with van der Waals surface area (Å²) in [6, 6.07) is 13.0. The first-order valence-electron chi connectivity index (χ1n) is 11.1. The summed E-state index contributed by atoms with van der Waals surface area (Å²) in [6.07, 6.45) is 0.780. The molecular formula is C24H28ClN3O3S. The molecule has 5 rings (SSSR count). The predicted octanol–water partition coefficient (Wildman–Crippen LogP) is 4.17. The van der Waals surface area contributed by atoms with E-state index in [9.17, 15) is 4.79 Å². The van der Waals surface area contributed by atoms with Crippen molar-refractivity contribution >= 4 is 29.5 Å². The monoisotopic (exact) mass is 473 g/mol. The van der Waals surface area contributed by atoms with Gasteiger partial charge in [0.25, 0.3) is 0 Å². The van der Waals surface area contributed by atoms with Crippen LogP contribution in [-0.4, -0.2) is 80.3 Å². The summed E-state index contributed by atoms with van der Waals surface area (Å²) in [5, 5.41) is 0.786. The van der Waals surface area contributed by atoms with Crippen molar-refractivity contribution in [2.24, 2.45) is 0 Å². The molecule has 170 valence electrons. The maximum absolute atomic E-state index is 11.7. The number of fused-ring (bicyclic) bond motifs is 2. The van der Waals surface area contributed by atoms with Crippen molar-refractivity contribution in [1.29, 1.82) is 0 Å². The average molecular weight is 474 g/mol. The van der Waals surface area contributed by atoms with Gasteiger partial charge in [0.05, 0.1) is 13.7 Å². The quantitative estimate of drug-likeness (QED) is 0.649. The number of nitrogens with zero attached hydrogens (tertiary/aromatic N) is 3. The van der Waals surface area contributed by atoms with Crippen LogP contribution in [-0.2, 0) is 11.2 Å². The van der Waals surface area contributed by atoms with Gasteiger partial charge in [0.1, 0.15) is 12.4 Å². The van der Waals surface area contributed by atoms with E-state index in [4.69, 9.17) is 21.1 Å². The number of carbonyl (C=O) groups is 1. The minimum absolute atomic E-state index is 0.177. The Morgan fingerprint density at radius 2 is 1.91 bits per heavy atom. The van der Waals surface area contributed by atoms with E-state index in [0.717, 1.165) is 56.5 Å². The van der Waals surface area contributed by atoms with Gasteiger partial charge < -0.3 is 14.4 Å². The second-order valence-corrected chi connectivity index (χ2v) is 9.98. The molecule has 1 atom stereocenters. The minimum Gasteiger partial charge on any atom is -0.497 e. The van der Waals surface area contributed by atoms with Gasteiger partial charge in [0.2, 0.25) is 0 Å². The smallest absolute Gasteiger partial charge is 0.409 e. The van der Waals surface area contributed by atoms with Crippen LogP contribution >= 0.6 is 23.4 Å². The standard InChI is InChI=1S/C24H28ClN3O3S/c1-30-19-4-2-17-14-21(20-15-18(25)3-5-22(20)32-23(17)16-19)27-9-6-26(7-10-27)8-11-28-12-13-31-24(28)29/h2-5,15-16,21H,6-14H2,1H3. The number of cyclic esters (lactones) is 1. The van der Waals surface area contributed by atoms with E-state index in [-0.39, 0.29) is 6.09 Å². The van der Waals surface area contributed by atoms with Gasteiger partial charge in [-0.2, -0.15) is 0 Å². The Balaban J connectivity index is 1.31. The molecule has 0 saturated carbocycles. The molecule has 8 heteroatoms.